The molecule has 154 valence electrons. The summed E-state index contributed by atoms with van der Waals surface area (Å²) in [6, 6.07) is 4.97. The maximum absolute atomic E-state index is 12.9. The molecule has 0 aromatic heterocycles. The van der Waals surface area contributed by atoms with Crippen LogP contribution in [0, 0.1) is 0 Å². The van der Waals surface area contributed by atoms with Crippen molar-refractivity contribution < 1.29 is 19.2 Å². The fourth-order valence-electron chi connectivity index (χ4n) is 4.42. The standard InChI is InChI=1S/C21H26N4O4/c22-13-2-1-3-14(6-5-13)23-11-12-4-7-15-16(10-12)21(29)25(20(15)28)17-8-9-18(26)24-19(17)27/h4,7,10,13-14,17,23H,1-3,5-6,8-9,11,22H2,(H,24,26,27). The van der Waals surface area contributed by atoms with Crippen LogP contribution in [0.4, 0.5) is 0 Å². The smallest absolute Gasteiger partial charge is 0.262 e. The molecule has 1 saturated heterocycles. The summed E-state index contributed by atoms with van der Waals surface area (Å²) in [6.07, 6.45) is 5.57. The normalized spacial score (nSPS) is 27.6. The lowest BCUT2D eigenvalue weighted by Crippen LogP contribution is -2.54. The molecule has 1 aromatic carbocycles. The third kappa shape index (κ3) is 3.95. The SMILES string of the molecule is NC1CCCC(NCc2ccc3c(c2)C(=O)N(C2CCC(=O)NC2=O)C3=O)CC1. The van der Waals surface area contributed by atoms with Crippen LogP contribution in [0.5, 0.6) is 0 Å². The number of hydrogen-bond acceptors (Lipinski definition) is 6. The average Bonchev–Trinajstić information content (AvgIpc) is 2.83. The lowest BCUT2D eigenvalue weighted by atomic mass is 10.0. The Morgan fingerprint density at radius 3 is 2.59 bits per heavy atom. The molecular weight excluding hydrogens is 372 g/mol. The van der Waals surface area contributed by atoms with E-state index in [1.807, 2.05) is 6.07 Å². The van der Waals surface area contributed by atoms with E-state index in [0.717, 1.165) is 42.6 Å². The summed E-state index contributed by atoms with van der Waals surface area (Å²) in [4.78, 5) is 50.1. The van der Waals surface area contributed by atoms with E-state index in [0.29, 0.717) is 23.7 Å². The molecule has 0 radical (unpaired) electrons. The molecule has 3 atom stereocenters. The molecule has 8 nitrogen and oxygen atoms in total. The molecule has 4 rings (SSSR count). The first-order valence-corrected chi connectivity index (χ1v) is 10.3. The quantitative estimate of drug-likeness (QED) is 0.510. The highest BCUT2D eigenvalue weighted by Gasteiger charge is 2.44. The Bertz CT molecular complexity index is 868. The maximum atomic E-state index is 12.9. The second kappa shape index (κ2) is 8.04. The summed E-state index contributed by atoms with van der Waals surface area (Å²) in [6.45, 7) is 0.604. The van der Waals surface area contributed by atoms with Crippen molar-refractivity contribution in [1.29, 1.82) is 0 Å². The zero-order chi connectivity index (χ0) is 20.5. The van der Waals surface area contributed by atoms with Gasteiger partial charge >= 0.3 is 0 Å². The van der Waals surface area contributed by atoms with Gasteiger partial charge in [-0.2, -0.15) is 0 Å². The van der Waals surface area contributed by atoms with Gasteiger partial charge in [0.1, 0.15) is 6.04 Å². The van der Waals surface area contributed by atoms with Crippen molar-refractivity contribution in [1.82, 2.24) is 15.5 Å². The number of piperidine rings is 1. The number of rotatable bonds is 4. The number of nitrogens with two attached hydrogens (primary N) is 1. The lowest BCUT2D eigenvalue weighted by Gasteiger charge is -2.27. The largest absolute Gasteiger partial charge is 0.328 e. The number of carbonyl (C=O) groups is 4. The van der Waals surface area contributed by atoms with E-state index in [1.165, 1.54) is 0 Å². The van der Waals surface area contributed by atoms with Gasteiger partial charge in [0.05, 0.1) is 11.1 Å². The molecule has 0 spiro atoms. The van der Waals surface area contributed by atoms with Crippen LogP contribution >= 0.6 is 0 Å². The van der Waals surface area contributed by atoms with Crippen molar-refractivity contribution >= 4 is 23.6 Å². The monoisotopic (exact) mass is 398 g/mol. The fourth-order valence-corrected chi connectivity index (χ4v) is 4.42. The summed E-state index contributed by atoms with van der Waals surface area (Å²) in [5, 5.41) is 5.74. The van der Waals surface area contributed by atoms with Crippen LogP contribution in [0.15, 0.2) is 18.2 Å². The molecule has 2 heterocycles. The number of nitrogens with one attached hydrogen (secondary N) is 2. The van der Waals surface area contributed by atoms with E-state index in [4.69, 9.17) is 5.73 Å². The summed E-state index contributed by atoms with van der Waals surface area (Å²) < 4.78 is 0. The average molecular weight is 398 g/mol. The summed E-state index contributed by atoms with van der Waals surface area (Å²) in [5.74, 6) is -1.92. The summed E-state index contributed by atoms with van der Waals surface area (Å²) >= 11 is 0. The second-order valence-corrected chi connectivity index (χ2v) is 8.17. The van der Waals surface area contributed by atoms with E-state index in [1.54, 1.807) is 12.1 Å². The molecule has 2 fully saturated rings. The van der Waals surface area contributed by atoms with Crippen molar-refractivity contribution in [3.05, 3.63) is 34.9 Å². The highest BCUT2D eigenvalue weighted by Crippen LogP contribution is 2.28. The van der Waals surface area contributed by atoms with Crippen molar-refractivity contribution in [2.75, 3.05) is 0 Å². The molecule has 2 aliphatic heterocycles. The molecule has 8 heteroatoms. The molecule has 1 aliphatic carbocycles. The highest BCUT2D eigenvalue weighted by atomic mass is 16.2. The van der Waals surface area contributed by atoms with Gasteiger partial charge in [0, 0.05) is 25.0 Å². The van der Waals surface area contributed by atoms with Crippen LogP contribution in [0.25, 0.3) is 0 Å². The predicted octanol–water partition coefficient (Wildman–Crippen LogP) is 0.837. The topological polar surface area (TPSA) is 122 Å². The Balaban J connectivity index is 1.45. The lowest BCUT2D eigenvalue weighted by molar-refractivity contribution is -0.136. The van der Waals surface area contributed by atoms with Gasteiger partial charge in [-0.05, 0) is 49.8 Å². The number of benzene rings is 1. The van der Waals surface area contributed by atoms with Gasteiger partial charge in [-0.1, -0.05) is 12.5 Å². The minimum atomic E-state index is -0.933. The first-order valence-electron chi connectivity index (χ1n) is 10.3. The molecular formula is C21H26N4O4. The maximum Gasteiger partial charge on any atom is 0.262 e. The molecule has 4 N–H and O–H groups in total. The van der Waals surface area contributed by atoms with Gasteiger partial charge in [-0.3, -0.25) is 29.4 Å². The molecule has 4 amide bonds. The first-order chi connectivity index (χ1) is 13.9. The van der Waals surface area contributed by atoms with Crippen LogP contribution in [0.3, 0.4) is 0 Å². The van der Waals surface area contributed by atoms with Gasteiger partial charge in [-0.15, -0.1) is 0 Å². The Labute approximate surface area is 169 Å². The number of nitrogens with zero attached hydrogens (tertiary/aromatic N) is 1. The third-order valence-corrected chi connectivity index (χ3v) is 6.11. The molecule has 1 saturated carbocycles. The minimum Gasteiger partial charge on any atom is -0.328 e. The number of carbonyl (C=O) groups excluding carboxylic acids is 4. The summed E-state index contributed by atoms with van der Waals surface area (Å²) in [5.41, 5.74) is 7.59. The Morgan fingerprint density at radius 2 is 1.79 bits per heavy atom. The van der Waals surface area contributed by atoms with E-state index < -0.39 is 23.8 Å². The number of amides is 4. The molecule has 29 heavy (non-hydrogen) atoms. The van der Waals surface area contributed by atoms with Crippen LogP contribution in [-0.4, -0.2) is 46.7 Å². The van der Waals surface area contributed by atoms with Crippen molar-refractivity contribution in [3.63, 3.8) is 0 Å². The highest BCUT2D eigenvalue weighted by molar-refractivity contribution is 6.23. The minimum absolute atomic E-state index is 0.115. The summed E-state index contributed by atoms with van der Waals surface area (Å²) in [7, 11) is 0. The van der Waals surface area contributed by atoms with Crippen molar-refractivity contribution in [2.24, 2.45) is 5.73 Å². The van der Waals surface area contributed by atoms with Gasteiger partial charge < -0.3 is 11.1 Å². The first kappa shape index (κ1) is 19.7. The molecule has 1 aromatic rings. The van der Waals surface area contributed by atoms with E-state index in [9.17, 15) is 19.2 Å². The third-order valence-electron chi connectivity index (χ3n) is 6.11. The number of imide groups is 2. The van der Waals surface area contributed by atoms with Crippen molar-refractivity contribution in [2.45, 2.75) is 69.6 Å². The molecule has 3 unspecified atom stereocenters. The van der Waals surface area contributed by atoms with Crippen LogP contribution in [-0.2, 0) is 16.1 Å². The zero-order valence-corrected chi connectivity index (χ0v) is 16.3. The van der Waals surface area contributed by atoms with Gasteiger partial charge in [0.2, 0.25) is 11.8 Å². The fraction of sp³-hybridized carbons (Fsp3) is 0.524. The zero-order valence-electron chi connectivity index (χ0n) is 16.3. The van der Waals surface area contributed by atoms with Gasteiger partial charge in [-0.25, -0.2) is 0 Å². The van der Waals surface area contributed by atoms with E-state index in [2.05, 4.69) is 10.6 Å². The Hall–Kier alpha value is -2.58. The van der Waals surface area contributed by atoms with Crippen LogP contribution in [0.1, 0.15) is 71.2 Å². The second-order valence-electron chi connectivity index (χ2n) is 8.17. The number of fused-ring (bicyclic) bond motifs is 1. The van der Waals surface area contributed by atoms with Gasteiger partial charge in [0.25, 0.3) is 11.8 Å². The predicted molar refractivity (Wildman–Crippen MR) is 105 cm³/mol. The van der Waals surface area contributed by atoms with Crippen LogP contribution < -0.4 is 16.4 Å². The molecule has 3 aliphatic rings. The number of hydrogen-bond donors (Lipinski definition) is 3. The van der Waals surface area contributed by atoms with Gasteiger partial charge in [0.15, 0.2) is 0 Å². The Kier molecular flexibility index (Phi) is 5.47. The van der Waals surface area contributed by atoms with Crippen molar-refractivity contribution in [3.8, 4) is 0 Å². The van der Waals surface area contributed by atoms with E-state index >= 15 is 0 Å². The Morgan fingerprint density at radius 1 is 1.00 bits per heavy atom. The van der Waals surface area contributed by atoms with E-state index in [-0.39, 0.29) is 24.8 Å². The van der Waals surface area contributed by atoms with Crippen LogP contribution in [0.2, 0.25) is 0 Å². The molecule has 0 bridgehead atoms.